The number of aldehydes is 1. The molecule has 0 bridgehead atoms. The molecule has 1 aromatic carbocycles. The first-order valence-electron chi connectivity index (χ1n) is 6.38. The first-order valence-corrected chi connectivity index (χ1v) is 7.20. The second-order valence-corrected chi connectivity index (χ2v) is 5.36. The van der Waals surface area contributed by atoms with E-state index in [2.05, 4.69) is 22.4 Å². The van der Waals surface area contributed by atoms with Crippen LogP contribution in [0.3, 0.4) is 0 Å². The third kappa shape index (κ3) is 3.38. The van der Waals surface area contributed by atoms with Gasteiger partial charge in [-0.05, 0) is 25.0 Å². The quantitative estimate of drug-likeness (QED) is 0.647. The van der Waals surface area contributed by atoms with Gasteiger partial charge in [0.25, 0.3) is 0 Å². The molecule has 100 valence electrons. The van der Waals surface area contributed by atoms with Crippen LogP contribution in [-0.2, 0) is 0 Å². The van der Waals surface area contributed by atoms with Crippen LogP contribution in [0.15, 0.2) is 18.2 Å². The highest BCUT2D eigenvalue weighted by atomic mass is 32.1. The molecule has 2 aromatic rings. The van der Waals surface area contributed by atoms with Gasteiger partial charge in [-0.2, -0.15) is 0 Å². The van der Waals surface area contributed by atoms with E-state index in [0.29, 0.717) is 0 Å². The molecule has 0 aliphatic heterocycles. The van der Waals surface area contributed by atoms with E-state index < -0.39 is 0 Å². The Labute approximate surface area is 116 Å². The lowest BCUT2D eigenvalue weighted by Crippen LogP contribution is -1.99. The normalized spacial score (nSPS) is 10.4. The predicted octanol–water partition coefficient (Wildman–Crippen LogP) is 3.54. The molecule has 0 spiro atoms. The molecule has 0 saturated heterocycles. The highest BCUT2D eigenvalue weighted by Gasteiger charge is 2.07. The molecule has 19 heavy (non-hydrogen) atoms. The summed E-state index contributed by atoms with van der Waals surface area (Å²) in [6.45, 7) is 5.01. The number of aromatic nitrogens is 2. The lowest BCUT2D eigenvalue weighted by atomic mass is 10.1. The van der Waals surface area contributed by atoms with Gasteiger partial charge in [0.1, 0.15) is 11.3 Å². The summed E-state index contributed by atoms with van der Waals surface area (Å²) in [5.41, 5.74) is 2.68. The summed E-state index contributed by atoms with van der Waals surface area (Å²) in [5, 5.41) is 13.3. The van der Waals surface area contributed by atoms with Crippen molar-refractivity contribution in [3.8, 4) is 10.6 Å². The molecule has 4 nitrogen and oxygen atoms in total. The molecule has 0 fully saturated rings. The maximum Gasteiger partial charge on any atom is 0.206 e. The number of hydrogen-bond donors (Lipinski definition) is 1. The van der Waals surface area contributed by atoms with Crippen LogP contribution >= 0.6 is 11.3 Å². The maximum atomic E-state index is 10.8. The van der Waals surface area contributed by atoms with Crippen molar-refractivity contribution < 1.29 is 4.79 Å². The third-order valence-electron chi connectivity index (χ3n) is 2.88. The van der Waals surface area contributed by atoms with Gasteiger partial charge in [0.2, 0.25) is 5.13 Å². The minimum atomic E-state index is 0.717. The van der Waals surface area contributed by atoms with Crippen LogP contribution in [0, 0.1) is 6.92 Å². The van der Waals surface area contributed by atoms with E-state index >= 15 is 0 Å². The van der Waals surface area contributed by atoms with Crippen molar-refractivity contribution in [2.75, 3.05) is 11.9 Å². The highest BCUT2D eigenvalue weighted by Crippen LogP contribution is 2.27. The molecule has 1 aromatic heterocycles. The first kappa shape index (κ1) is 13.7. The van der Waals surface area contributed by atoms with Crippen LogP contribution in [0.5, 0.6) is 0 Å². The number of nitrogens with one attached hydrogen (secondary N) is 1. The number of anilines is 1. The molecule has 0 aliphatic carbocycles. The molecule has 1 N–H and O–H groups in total. The average Bonchev–Trinajstić information content (AvgIpc) is 2.88. The Balaban J connectivity index is 2.13. The Bertz CT molecular complexity index is 566. The molecule has 0 unspecified atom stereocenters. The number of unbranched alkanes of at least 4 members (excludes halogenated alkanes) is 1. The fraction of sp³-hybridized carbons (Fsp3) is 0.357. The predicted molar refractivity (Wildman–Crippen MR) is 78.9 cm³/mol. The van der Waals surface area contributed by atoms with E-state index in [9.17, 15) is 4.79 Å². The molecule has 0 saturated carbocycles. The largest absolute Gasteiger partial charge is 0.360 e. The Hall–Kier alpha value is -1.75. The van der Waals surface area contributed by atoms with Crippen molar-refractivity contribution in [2.45, 2.75) is 26.7 Å². The number of carbonyl (C=O) groups is 1. The van der Waals surface area contributed by atoms with Crippen LogP contribution in [0.1, 0.15) is 35.7 Å². The van der Waals surface area contributed by atoms with Crippen molar-refractivity contribution in [1.29, 1.82) is 0 Å². The Kier molecular flexibility index (Phi) is 4.63. The summed E-state index contributed by atoms with van der Waals surface area (Å²) in [4.78, 5) is 10.8. The summed E-state index contributed by atoms with van der Waals surface area (Å²) in [6.07, 6.45) is 3.16. The number of benzene rings is 1. The van der Waals surface area contributed by atoms with E-state index in [-0.39, 0.29) is 0 Å². The van der Waals surface area contributed by atoms with Gasteiger partial charge in [0, 0.05) is 17.7 Å². The molecular formula is C14H17N3OS. The zero-order valence-corrected chi connectivity index (χ0v) is 12.0. The Morgan fingerprint density at radius 2 is 2.21 bits per heavy atom. The van der Waals surface area contributed by atoms with Gasteiger partial charge in [0.05, 0.1) is 0 Å². The Morgan fingerprint density at radius 1 is 1.37 bits per heavy atom. The maximum absolute atomic E-state index is 10.8. The number of rotatable bonds is 6. The molecule has 5 heteroatoms. The fourth-order valence-corrected chi connectivity index (χ4v) is 2.49. The lowest BCUT2D eigenvalue weighted by Gasteiger charge is -2.00. The van der Waals surface area contributed by atoms with Gasteiger partial charge in [-0.1, -0.05) is 36.8 Å². The van der Waals surface area contributed by atoms with Crippen molar-refractivity contribution in [2.24, 2.45) is 0 Å². The van der Waals surface area contributed by atoms with Crippen LogP contribution in [0.2, 0.25) is 0 Å². The number of hydrogen-bond acceptors (Lipinski definition) is 5. The molecule has 0 aliphatic rings. The number of aryl methyl sites for hydroxylation is 1. The van der Waals surface area contributed by atoms with Gasteiger partial charge in [-0.25, -0.2) is 0 Å². The van der Waals surface area contributed by atoms with Crippen LogP contribution < -0.4 is 5.32 Å². The van der Waals surface area contributed by atoms with E-state index in [1.165, 1.54) is 11.3 Å². The summed E-state index contributed by atoms with van der Waals surface area (Å²) in [6, 6.07) is 5.70. The van der Waals surface area contributed by atoms with Crippen LogP contribution in [0.4, 0.5) is 5.13 Å². The third-order valence-corrected chi connectivity index (χ3v) is 3.81. The SMILES string of the molecule is CCCCNc1nnc(-c2ccc(C=O)c(C)c2)s1. The van der Waals surface area contributed by atoms with Crippen molar-refractivity contribution in [1.82, 2.24) is 10.2 Å². The van der Waals surface area contributed by atoms with Crippen molar-refractivity contribution in [3.63, 3.8) is 0 Å². The second-order valence-electron chi connectivity index (χ2n) is 4.38. The second kappa shape index (κ2) is 6.43. The average molecular weight is 275 g/mol. The summed E-state index contributed by atoms with van der Waals surface area (Å²) >= 11 is 1.54. The lowest BCUT2D eigenvalue weighted by molar-refractivity contribution is 0.112. The van der Waals surface area contributed by atoms with E-state index in [4.69, 9.17) is 0 Å². The molecule has 0 radical (unpaired) electrons. The standard InChI is InChI=1S/C14H17N3OS/c1-3-4-7-15-14-17-16-13(19-14)11-5-6-12(9-18)10(2)8-11/h5-6,8-9H,3-4,7H2,1-2H3,(H,15,17). The minimum absolute atomic E-state index is 0.717. The highest BCUT2D eigenvalue weighted by molar-refractivity contribution is 7.18. The summed E-state index contributed by atoms with van der Waals surface area (Å²) in [7, 11) is 0. The Morgan fingerprint density at radius 3 is 2.89 bits per heavy atom. The molecule has 2 rings (SSSR count). The van der Waals surface area contributed by atoms with Crippen LogP contribution in [-0.4, -0.2) is 23.0 Å². The smallest absolute Gasteiger partial charge is 0.206 e. The first-order chi connectivity index (χ1) is 9.24. The van der Waals surface area contributed by atoms with Gasteiger partial charge in [-0.3, -0.25) is 4.79 Å². The van der Waals surface area contributed by atoms with E-state index in [0.717, 1.165) is 52.5 Å². The molecule has 1 heterocycles. The zero-order valence-electron chi connectivity index (χ0n) is 11.1. The van der Waals surface area contributed by atoms with Gasteiger partial charge in [-0.15, -0.1) is 10.2 Å². The van der Waals surface area contributed by atoms with Gasteiger partial charge < -0.3 is 5.32 Å². The van der Waals surface area contributed by atoms with E-state index in [1.807, 2.05) is 25.1 Å². The van der Waals surface area contributed by atoms with Crippen LogP contribution in [0.25, 0.3) is 10.6 Å². The summed E-state index contributed by atoms with van der Waals surface area (Å²) < 4.78 is 0. The van der Waals surface area contributed by atoms with Crippen molar-refractivity contribution in [3.05, 3.63) is 29.3 Å². The topological polar surface area (TPSA) is 54.9 Å². The molecule has 0 amide bonds. The summed E-state index contributed by atoms with van der Waals surface area (Å²) in [5.74, 6) is 0. The zero-order chi connectivity index (χ0) is 13.7. The van der Waals surface area contributed by atoms with E-state index in [1.54, 1.807) is 0 Å². The number of carbonyl (C=O) groups excluding carboxylic acids is 1. The monoisotopic (exact) mass is 275 g/mol. The van der Waals surface area contributed by atoms with Gasteiger partial charge >= 0.3 is 0 Å². The minimum Gasteiger partial charge on any atom is -0.360 e. The van der Waals surface area contributed by atoms with Crippen molar-refractivity contribution >= 4 is 22.8 Å². The number of nitrogens with zero attached hydrogens (tertiary/aromatic N) is 2. The molecule has 0 atom stereocenters. The van der Waals surface area contributed by atoms with Gasteiger partial charge in [0.15, 0.2) is 0 Å². The fourth-order valence-electron chi connectivity index (χ4n) is 1.72. The molecular weight excluding hydrogens is 258 g/mol.